The standard InChI is InChI=1S/C19H16S2/c20-17-10-4-8-15(12-17)19(14-6-2-1-3-7-14)16-9-5-11-18(21)13-16/h1-13,19-21H. The van der Waals surface area contributed by atoms with Crippen LogP contribution in [0.4, 0.5) is 0 Å². The third-order valence-electron chi connectivity index (χ3n) is 3.54. The summed E-state index contributed by atoms with van der Waals surface area (Å²) in [5, 5.41) is 0. The molecule has 0 saturated carbocycles. The summed E-state index contributed by atoms with van der Waals surface area (Å²) in [4.78, 5) is 1.96. The van der Waals surface area contributed by atoms with Gasteiger partial charge in [0.2, 0.25) is 0 Å². The van der Waals surface area contributed by atoms with Crippen molar-refractivity contribution in [2.45, 2.75) is 15.7 Å². The van der Waals surface area contributed by atoms with Gasteiger partial charge in [0.25, 0.3) is 0 Å². The van der Waals surface area contributed by atoms with Crippen molar-refractivity contribution in [1.82, 2.24) is 0 Å². The lowest BCUT2D eigenvalue weighted by atomic mass is 9.85. The van der Waals surface area contributed by atoms with Crippen molar-refractivity contribution in [3.8, 4) is 0 Å². The van der Waals surface area contributed by atoms with E-state index in [1.165, 1.54) is 16.7 Å². The van der Waals surface area contributed by atoms with Crippen molar-refractivity contribution in [3.05, 3.63) is 95.6 Å². The van der Waals surface area contributed by atoms with Crippen molar-refractivity contribution >= 4 is 25.3 Å². The largest absolute Gasteiger partial charge is 0.143 e. The Morgan fingerprint density at radius 2 is 1.00 bits per heavy atom. The fourth-order valence-electron chi connectivity index (χ4n) is 2.63. The van der Waals surface area contributed by atoms with Crippen LogP contribution in [0.5, 0.6) is 0 Å². The number of benzene rings is 3. The summed E-state index contributed by atoms with van der Waals surface area (Å²) >= 11 is 8.96. The molecule has 0 atom stereocenters. The minimum Gasteiger partial charge on any atom is -0.143 e. The van der Waals surface area contributed by atoms with Gasteiger partial charge in [-0.15, -0.1) is 25.3 Å². The van der Waals surface area contributed by atoms with Gasteiger partial charge in [-0.1, -0.05) is 54.6 Å². The van der Waals surface area contributed by atoms with Gasteiger partial charge in [0.05, 0.1) is 0 Å². The van der Waals surface area contributed by atoms with Crippen molar-refractivity contribution < 1.29 is 0 Å². The smallest absolute Gasteiger partial charge is 0.0340 e. The maximum absolute atomic E-state index is 4.48. The summed E-state index contributed by atoms with van der Waals surface area (Å²) in [7, 11) is 0. The van der Waals surface area contributed by atoms with Gasteiger partial charge in [-0.05, 0) is 41.0 Å². The summed E-state index contributed by atoms with van der Waals surface area (Å²) in [6.45, 7) is 0. The molecule has 3 aromatic carbocycles. The Labute approximate surface area is 136 Å². The van der Waals surface area contributed by atoms with Crippen LogP contribution in [0, 0.1) is 0 Å². The van der Waals surface area contributed by atoms with E-state index in [0.717, 1.165) is 9.79 Å². The van der Waals surface area contributed by atoms with Crippen LogP contribution in [0.15, 0.2) is 88.7 Å². The molecule has 0 heterocycles. The van der Waals surface area contributed by atoms with Crippen LogP contribution in [0.25, 0.3) is 0 Å². The van der Waals surface area contributed by atoms with Crippen LogP contribution in [0.2, 0.25) is 0 Å². The molecular formula is C19H16S2. The van der Waals surface area contributed by atoms with E-state index in [-0.39, 0.29) is 5.92 Å². The van der Waals surface area contributed by atoms with Gasteiger partial charge >= 0.3 is 0 Å². The Balaban J connectivity index is 2.16. The molecule has 0 aromatic heterocycles. The summed E-state index contributed by atoms with van der Waals surface area (Å²) < 4.78 is 0. The van der Waals surface area contributed by atoms with Crippen molar-refractivity contribution in [2.24, 2.45) is 0 Å². The number of hydrogen-bond donors (Lipinski definition) is 2. The molecule has 104 valence electrons. The molecule has 0 radical (unpaired) electrons. The molecule has 21 heavy (non-hydrogen) atoms. The van der Waals surface area contributed by atoms with Gasteiger partial charge in [-0.2, -0.15) is 0 Å². The maximum Gasteiger partial charge on any atom is 0.0340 e. The number of thiol groups is 2. The molecule has 0 bridgehead atoms. The van der Waals surface area contributed by atoms with Crippen LogP contribution in [-0.2, 0) is 0 Å². The highest BCUT2D eigenvalue weighted by Crippen LogP contribution is 2.33. The Bertz CT molecular complexity index is 690. The molecule has 2 heteroatoms. The number of rotatable bonds is 3. The molecule has 0 fully saturated rings. The van der Waals surface area contributed by atoms with Crippen LogP contribution in [0.3, 0.4) is 0 Å². The predicted molar refractivity (Wildman–Crippen MR) is 94.8 cm³/mol. The van der Waals surface area contributed by atoms with Crippen LogP contribution < -0.4 is 0 Å². The van der Waals surface area contributed by atoms with Crippen LogP contribution in [-0.4, -0.2) is 0 Å². The summed E-state index contributed by atoms with van der Waals surface area (Å²) in [5.41, 5.74) is 3.76. The molecule has 3 rings (SSSR count). The molecule has 3 aromatic rings. The second-order valence-corrected chi connectivity index (χ2v) is 6.07. The summed E-state index contributed by atoms with van der Waals surface area (Å²) in [6.07, 6.45) is 0. The van der Waals surface area contributed by atoms with E-state index in [1.807, 2.05) is 18.2 Å². The van der Waals surface area contributed by atoms with Gasteiger partial charge in [0, 0.05) is 15.7 Å². The normalized spacial score (nSPS) is 10.8. The van der Waals surface area contributed by atoms with E-state index in [4.69, 9.17) is 0 Å². The maximum atomic E-state index is 4.48. The quantitative estimate of drug-likeness (QED) is 0.467. The van der Waals surface area contributed by atoms with E-state index < -0.39 is 0 Å². The van der Waals surface area contributed by atoms with Gasteiger partial charge in [-0.25, -0.2) is 0 Å². The molecule has 0 N–H and O–H groups in total. The van der Waals surface area contributed by atoms with E-state index in [2.05, 4.69) is 85.9 Å². The topological polar surface area (TPSA) is 0 Å². The SMILES string of the molecule is Sc1cccc(C(c2ccccc2)c2cccc(S)c2)c1. The van der Waals surface area contributed by atoms with Crippen molar-refractivity contribution in [3.63, 3.8) is 0 Å². The lowest BCUT2D eigenvalue weighted by Gasteiger charge is -2.19. The molecular weight excluding hydrogens is 292 g/mol. The second-order valence-electron chi connectivity index (χ2n) is 5.03. The first-order valence-electron chi connectivity index (χ1n) is 6.87. The van der Waals surface area contributed by atoms with Gasteiger partial charge in [0.1, 0.15) is 0 Å². The lowest BCUT2D eigenvalue weighted by Crippen LogP contribution is -2.03. The molecule has 0 amide bonds. The molecule has 0 spiro atoms. The Morgan fingerprint density at radius 1 is 0.524 bits per heavy atom. The van der Waals surface area contributed by atoms with E-state index in [9.17, 15) is 0 Å². The van der Waals surface area contributed by atoms with E-state index in [0.29, 0.717) is 0 Å². The minimum absolute atomic E-state index is 0.199. The fourth-order valence-corrected chi connectivity index (χ4v) is 3.10. The first-order valence-corrected chi connectivity index (χ1v) is 7.76. The first kappa shape index (κ1) is 14.3. The highest BCUT2D eigenvalue weighted by atomic mass is 32.1. The average Bonchev–Trinajstić information content (AvgIpc) is 2.49. The second kappa shape index (κ2) is 6.42. The predicted octanol–water partition coefficient (Wildman–Crippen LogP) is 5.44. The highest BCUT2D eigenvalue weighted by Gasteiger charge is 2.16. The van der Waals surface area contributed by atoms with Gasteiger partial charge < -0.3 is 0 Å². The zero-order chi connectivity index (χ0) is 14.7. The first-order chi connectivity index (χ1) is 10.2. The zero-order valence-electron chi connectivity index (χ0n) is 11.5. The Kier molecular flexibility index (Phi) is 4.37. The van der Waals surface area contributed by atoms with Crippen molar-refractivity contribution in [1.29, 1.82) is 0 Å². The molecule has 0 saturated heterocycles. The molecule has 0 unspecified atom stereocenters. The third kappa shape index (κ3) is 3.34. The van der Waals surface area contributed by atoms with Crippen LogP contribution >= 0.6 is 25.3 Å². The molecule has 0 aliphatic rings. The fraction of sp³-hybridized carbons (Fsp3) is 0.0526. The molecule has 0 aliphatic heterocycles. The highest BCUT2D eigenvalue weighted by molar-refractivity contribution is 7.80. The minimum atomic E-state index is 0.199. The molecule has 0 nitrogen and oxygen atoms in total. The Morgan fingerprint density at radius 3 is 1.48 bits per heavy atom. The molecule has 0 aliphatic carbocycles. The van der Waals surface area contributed by atoms with E-state index in [1.54, 1.807) is 0 Å². The third-order valence-corrected chi connectivity index (χ3v) is 4.10. The van der Waals surface area contributed by atoms with Gasteiger partial charge in [0.15, 0.2) is 0 Å². The lowest BCUT2D eigenvalue weighted by molar-refractivity contribution is 0.964. The van der Waals surface area contributed by atoms with Crippen molar-refractivity contribution in [2.75, 3.05) is 0 Å². The van der Waals surface area contributed by atoms with Crippen LogP contribution in [0.1, 0.15) is 22.6 Å². The number of hydrogen-bond acceptors (Lipinski definition) is 2. The monoisotopic (exact) mass is 308 g/mol. The van der Waals surface area contributed by atoms with E-state index >= 15 is 0 Å². The Hall–Kier alpha value is -1.64. The summed E-state index contributed by atoms with van der Waals surface area (Å²) in [5.74, 6) is 0.199. The average molecular weight is 308 g/mol. The van der Waals surface area contributed by atoms with Gasteiger partial charge in [-0.3, -0.25) is 0 Å². The zero-order valence-corrected chi connectivity index (χ0v) is 13.3. The summed E-state index contributed by atoms with van der Waals surface area (Å²) in [6, 6.07) is 27.2.